The minimum atomic E-state index is -0.415. The van der Waals surface area contributed by atoms with Crippen LogP contribution in [0, 0.1) is 5.92 Å². The molecule has 4 heteroatoms. The third kappa shape index (κ3) is 2.77. The molecule has 0 aromatic heterocycles. The molecule has 0 radical (unpaired) electrons. The molecule has 1 aliphatic heterocycles. The van der Waals surface area contributed by atoms with Crippen molar-refractivity contribution >= 4 is 28.9 Å². The van der Waals surface area contributed by atoms with Crippen LogP contribution in [-0.2, 0) is 4.79 Å². The van der Waals surface area contributed by atoms with Gasteiger partial charge in [0.05, 0.1) is 11.4 Å². The smallest absolute Gasteiger partial charge is 0.249 e. The van der Waals surface area contributed by atoms with E-state index < -0.39 is 6.04 Å². The van der Waals surface area contributed by atoms with Crippen LogP contribution in [0.2, 0.25) is 5.02 Å². The molecule has 0 unspecified atom stereocenters. The molecule has 2 aromatic rings. The highest BCUT2D eigenvalue weighted by Gasteiger charge is 2.28. The number of nitrogens with one attached hydrogen (secondary N) is 1. The average molecular weight is 313 g/mol. The second-order valence-electron chi connectivity index (χ2n) is 5.71. The van der Waals surface area contributed by atoms with Gasteiger partial charge in [0.1, 0.15) is 6.04 Å². The van der Waals surface area contributed by atoms with Crippen molar-refractivity contribution < 1.29 is 4.79 Å². The van der Waals surface area contributed by atoms with Crippen LogP contribution in [0.15, 0.2) is 53.5 Å². The molecule has 1 atom stereocenters. The van der Waals surface area contributed by atoms with Crippen LogP contribution >= 0.6 is 11.6 Å². The molecule has 0 spiro atoms. The molecular formula is C18H17ClN2O. The first-order valence-corrected chi connectivity index (χ1v) is 7.68. The summed E-state index contributed by atoms with van der Waals surface area (Å²) in [6.07, 6.45) is 0. The summed E-state index contributed by atoms with van der Waals surface area (Å²) >= 11 is 6.15. The first-order chi connectivity index (χ1) is 10.6. The van der Waals surface area contributed by atoms with Gasteiger partial charge in [0.25, 0.3) is 0 Å². The summed E-state index contributed by atoms with van der Waals surface area (Å²) in [6, 6.07) is 14.9. The van der Waals surface area contributed by atoms with E-state index in [0.29, 0.717) is 5.02 Å². The molecule has 0 saturated carbocycles. The number of amides is 1. The van der Waals surface area contributed by atoms with Crippen LogP contribution in [0.25, 0.3) is 0 Å². The fourth-order valence-corrected chi connectivity index (χ4v) is 2.75. The van der Waals surface area contributed by atoms with E-state index in [9.17, 15) is 4.79 Å². The fraction of sp³-hybridized carbons (Fsp3) is 0.222. The van der Waals surface area contributed by atoms with Crippen molar-refractivity contribution in [2.75, 3.05) is 5.32 Å². The predicted octanol–water partition coefficient (Wildman–Crippen LogP) is 4.15. The molecule has 1 aliphatic rings. The van der Waals surface area contributed by atoms with E-state index in [1.807, 2.05) is 56.3 Å². The van der Waals surface area contributed by atoms with Gasteiger partial charge in [0.2, 0.25) is 5.91 Å². The fourth-order valence-electron chi connectivity index (χ4n) is 2.57. The molecule has 3 rings (SSSR count). The molecule has 2 aromatic carbocycles. The lowest BCUT2D eigenvalue weighted by Gasteiger charge is -2.14. The number of halogens is 1. The van der Waals surface area contributed by atoms with Crippen LogP contribution < -0.4 is 5.32 Å². The molecule has 3 nitrogen and oxygen atoms in total. The first kappa shape index (κ1) is 14.8. The van der Waals surface area contributed by atoms with Gasteiger partial charge >= 0.3 is 0 Å². The molecule has 1 heterocycles. The normalized spacial score (nSPS) is 17.5. The Kier molecular flexibility index (Phi) is 3.99. The summed E-state index contributed by atoms with van der Waals surface area (Å²) in [6.45, 7) is 4.00. The Hall–Kier alpha value is -2.13. The molecular weight excluding hydrogens is 296 g/mol. The molecule has 112 valence electrons. The van der Waals surface area contributed by atoms with Gasteiger partial charge < -0.3 is 5.32 Å². The zero-order chi connectivity index (χ0) is 15.7. The highest BCUT2D eigenvalue weighted by Crippen LogP contribution is 2.28. The van der Waals surface area contributed by atoms with Gasteiger partial charge in [0, 0.05) is 16.1 Å². The Labute approximate surface area is 135 Å². The number of aliphatic imine (C=N–C) groups is 1. The van der Waals surface area contributed by atoms with Gasteiger partial charge in [-0.05, 0) is 24.1 Å². The highest BCUT2D eigenvalue weighted by atomic mass is 35.5. The van der Waals surface area contributed by atoms with Crippen molar-refractivity contribution in [3.8, 4) is 0 Å². The number of hydrogen-bond acceptors (Lipinski definition) is 2. The van der Waals surface area contributed by atoms with Crippen molar-refractivity contribution in [2.45, 2.75) is 19.9 Å². The Morgan fingerprint density at radius 1 is 1.14 bits per heavy atom. The van der Waals surface area contributed by atoms with E-state index >= 15 is 0 Å². The average Bonchev–Trinajstić information content (AvgIpc) is 2.64. The van der Waals surface area contributed by atoms with Crippen molar-refractivity contribution in [3.63, 3.8) is 0 Å². The molecule has 22 heavy (non-hydrogen) atoms. The van der Waals surface area contributed by atoms with E-state index in [0.717, 1.165) is 22.5 Å². The summed E-state index contributed by atoms with van der Waals surface area (Å²) < 4.78 is 0. The van der Waals surface area contributed by atoms with Crippen LogP contribution in [-0.4, -0.2) is 17.7 Å². The van der Waals surface area contributed by atoms with E-state index in [-0.39, 0.29) is 11.8 Å². The number of fused-ring (bicyclic) bond motifs is 1. The Bertz CT molecular complexity index is 738. The summed E-state index contributed by atoms with van der Waals surface area (Å²) in [5, 5.41) is 3.59. The molecule has 0 saturated heterocycles. The van der Waals surface area contributed by atoms with Gasteiger partial charge in [-0.1, -0.05) is 55.8 Å². The molecule has 0 fully saturated rings. The van der Waals surface area contributed by atoms with Crippen LogP contribution in [0.3, 0.4) is 0 Å². The van der Waals surface area contributed by atoms with Gasteiger partial charge in [-0.15, -0.1) is 0 Å². The predicted molar refractivity (Wildman–Crippen MR) is 90.8 cm³/mol. The standard InChI is InChI=1S/C18H17ClN2O/c1-11(2)16-18(22)20-15-9-8-13(19)10-14(15)17(21-16)12-6-4-3-5-7-12/h3-11,16H,1-2H3,(H,20,22)/t16-/m0/s1. The molecule has 1 N–H and O–H groups in total. The third-order valence-electron chi connectivity index (χ3n) is 3.71. The van der Waals surface area contributed by atoms with E-state index in [4.69, 9.17) is 16.6 Å². The van der Waals surface area contributed by atoms with Crippen molar-refractivity contribution in [1.82, 2.24) is 0 Å². The Morgan fingerprint density at radius 2 is 1.86 bits per heavy atom. The minimum absolute atomic E-state index is 0.0792. The second kappa shape index (κ2) is 5.93. The number of nitrogens with zero attached hydrogens (tertiary/aromatic N) is 1. The first-order valence-electron chi connectivity index (χ1n) is 7.30. The van der Waals surface area contributed by atoms with Gasteiger partial charge in [0.15, 0.2) is 0 Å². The molecule has 0 aliphatic carbocycles. The Morgan fingerprint density at radius 3 is 2.55 bits per heavy atom. The quantitative estimate of drug-likeness (QED) is 0.889. The number of carbonyl (C=O) groups excluding carboxylic acids is 1. The lowest BCUT2D eigenvalue weighted by molar-refractivity contribution is -0.118. The van der Waals surface area contributed by atoms with Crippen LogP contribution in [0.4, 0.5) is 5.69 Å². The summed E-state index contributed by atoms with van der Waals surface area (Å²) in [7, 11) is 0. The van der Waals surface area contributed by atoms with Crippen molar-refractivity contribution in [2.24, 2.45) is 10.9 Å². The number of benzene rings is 2. The third-order valence-corrected chi connectivity index (χ3v) is 3.95. The number of rotatable bonds is 2. The summed E-state index contributed by atoms with van der Waals surface area (Å²) in [4.78, 5) is 17.2. The highest BCUT2D eigenvalue weighted by molar-refractivity contribution is 6.32. The monoisotopic (exact) mass is 312 g/mol. The number of benzodiazepines with no additional fused rings is 1. The largest absolute Gasteiger partial charge is 0.324 e. The lowest BCUT2D eigenvalue weighted by atomic mass is 10.00. The number of anilines is 1. The van der Waals surface area contributed by atoms with E-state index in [2.05, 4.69) is 5.32 Å². The van der Waals surface area contributed by atoms with E-state index in [1.54, 1.807) is 6.07 Å². The summed E-state index contributed by atoms with van der Waals surface area (Å²) in [5.74, 6) is 0.0352. The molecule has 1 amide bonds. The van der Waals surface area contributed by atoms with Gasteiger partial charge in [-0.3, -0.25) is 9.79 Å². The Balaban J connectivity index is 2.23. The van der Waals surface area contributed by atoms with Crippen molar-refractivity contribution in [3.05, 3.63) is 64.7 Å². The van der Waals surface area contributed by atoms with Crippen LogP contribution in [0.1, 0.15) is 25.0 Å². The van der Waals surface area contributed by atoms with Crippen molar-refractivity contribution in [1.29, 1.82) is 0 Å². The van der Waals surface area contributed by atoms with Gasteiger partial charge in [-0.25, -0.2) is 0 Å². The molecule has 0 bridgehead atoms. The number of carbonyl (C=O) groups is 1. The van der Waals surface area contributed by atoms with Gasteiger partial charge in [-0.2, -0.15) is 0 Å². The topological polar surface area (TPSA) is 41.5 Å². The zero-order valence-corrected chi connectivity index (χ0v) is 13.3. The minimum Gasteiger partial charge on any atom is -0.324 e. The summed E-state index contributed by atoms with van der Waals surface area (Å²) in [5.41, 5.74) is 3.39. The maximum Gasteiger partial charge on any atom is 0.249 e. The second-order valence-corrected chi connectivity index (χ2v) is 6.15. The zero-order valence-electron chi connectivity index (χ0n) is 12.5. The lowest BCUT2D eigenvalue weighted by Crippen LogP contribution is -2.30. The van der Waals surface area contributed by atoms with Crippen LogP contribution in [0.5, 0.6) is 0 Å². The number of hydrogen-bond donors (Lipinski definition) is 1. The maximum absolute atomic E-state index is 12.4. The maximum atomic E-state index is 12.4. The SMILES string of the molecule is CC(C)[C@@H]1N=C(c2ccccc2)c2cc(Cl)ccc2NC1=O. The van der Waals surface area contributed by atoms with E-state index in [1.165, 1.54) is 0 Å².